The number of amides is 4. The van der Waals surface area contributed by atoms with E-state index in [0.717, 1.165) is 49.0 Å². The number of hydroxylamine groups is 1. The van der Waals surface area contributed by atoms with Crippen molar-refractivity contribution in [1.29, 1.82) is 0 Å². The van der Waals surface area contributed by atoms with E-state index in [1.165, 1.54) is 7.11 Å². The average Bonchev–Trinajstić information content (AvgIpc) is 3.40. The van der Waals surface area contributed by atoms with E-state index in [9.17, 15) is 14.4 Å². The Labute approximate surface area is 236 Å². The van der Waals surface area contributed by atoms with Gasteiger partial charge in [-0.25, -0.2) is 10.3 Å². The predicted octanol–water partition coefficient (Wildman–Crippen LogP) is 4.25. The van der Waals surface area contributed by atoms with E-state index in [-0.39, 0.29) is 29.9 Å². The third kappa shape index (κ3) is 8.52. The smallest absolute Gasteiger partial charge is 0.341 e. The summed E-state index contributed by atoms with van der Waals surface area (Å²) in [6.45, 7) is 12.7. The molecule has 1 aliphatic heterocycles. The van der Waals surface area contributed by atoms with Crippen molar-refractivity contribution in [3.05, 3.63) is 56.8 Å². The van der Waals surface area contributed by atoms with E-state index < -0.39 is 0 Å². The summed E-state index contributed by atoms with van der Waals surface area (Å²) in [7, 11) is 1.45. The van der Waals surface area contributed by atoms with Crippen LogP contribution in [0, 0.1) is 13.8 Å². The van der Waals surface area contributed by atoms with Crippen molar-refractivity contribution < 1.29 is 19.2 Å². The van der Waals surface area contributed by atoms with Gasteiger partial charge in [0, 0.05) is 55.4 Å². The maximum absolute atomic E-state index is 12.9. The maximum Gasteiger partial charge on any atom is 0.341 e. The van der Waals surface area contributed by atoms with Crippen molar-refractivity contribution in [2.75, 3.05) is 26.7 Å². The highest BCUT2D eigenvalue weighted by Crippen LogP contribution is 2.22. The molecule has 1 aromatic heterocycles. The highest BCUT2D eigenvalue weighted by atomic mass is 32.1. The number of benzene rings is 1. The molecule has 1 aliphatic rings. The summed E-state index contributed by atoms with van der Waals surface area (Å²) < 4.78 is 0. The molecular weight excluding hydrogens is 514 g/mol. The van der Waals surface area contributed by atoms with Gasteiger partial charge < -0.3 is 20.4 Å². The number of urea groups is 1. The molecule has 1 fully saturated rings. The third-order valence-corrected chi connectivity index (χ3v) is 7.97. The van der Waals surface area contributed by atoms with Crippen LogP contribution >= 0.6 is 11.3 Å². The van der Waals surface area contributed by atoms with Gasteiger partial charge in [-0.2, -0.15) is 11.3 Å². The van der Waals surface area contributed by atoms with Gasteiger partial charge in [0.1, 0.15) is 0 Å². The molecule has 1 atom stereocenters. The lowest BCUT2D eigenvalue weighted by molar-refractivity contribution is 0.0565. The average molecular weight is 558 g/mol. The topological polar surface area (TPSA) is 103 Å². The minimum atomic E-state index is -0.211. The first-order valence-corrected chi connectivity index (χ1v) is 14.6. The molecule has 0 aliphatic carbocycles. The SMILES string of the molecule is CONC(=O)N(Cc1ccsc1)C1CCN([C@H](C)CCNC(=O)c2cc(C)c(C(=O)NC(C)C)c(C)c2)CC1. The molecule has 214 valence electrons. The Balaban J connectivity index is 1.49. The normalized spacial score (nSPS) is 15.2. The van der Waals surface area contributed by atoms with Gasteiger partial charge in [-0.1, -0.05) is 0 Å². The number of likely N-dealkylation sites (tertiary alicyclic amines) is 1. The fraction of sp³-hybridized carbons (Fsp3) is 0.552. The Morgan fingerprint density at radius 1 is 1.10 bits per heavy atom. The third-order valence-electron chi connectivity index (χ3n) is 7.24. The lowest BCUT2D eigenvalue weighted by Gasteiger charge is -2.40. The molecule has 3 N–H and O–H groups in total. The molecule has 9 nitrogen and oxygen atoms in total. The van der Waals surface area contributed by atoms with E-state index in [1.54, 1.807) is 23.5 Å². The van der Waals surface area contributed by atoms with E-state index in [0.29, 0.717) is 30.3 Å². The number of aryl methyl sites for hydroxylation is 2. The highest BCUT2D eigenvalue weighted by Gasteiger charge is 2.30. The van der Waals surface area contributed by atoms with Gasteiger partial charge in [0.2, 0.25) is 0 Å². The number of hydrogen-bond donors (Lipinski definition) is 3. The Bertz CT molecular complexity index is 1090. The van der Waals surface area contributed by atoms with E-state index in [2.05, 4.69) is 33.3 Å². The minimum absolute atomic E-state index is 0.0485. The number of carbonyl (C=O) groups is 3. The zero-order valence-electron chi connectivity index (χ0n) is 24.0. The fourth-order valence-corrected chi connectivity index (χ4v) is 5.86. The molecule has 2 heterocycles. The molecule has 0 spiro atoms. The molecule has 0 bridgehead atoms. The second-order valence-electron chi connectivity index (χ2n) is 10.6. The van der Waals surface area contributed by atoms with Crippen LogP contribution in [0.15, 0.2) is 29.0 Å². The van der Waals surface area contributed by atoms with Crippen LogP contribution in [0.3, 0.4) is 0 Å². The van der Waals surface area contributed by atoms with Crippen LogP contribution in [0.4, 0.5) is 4.79 Å². The number of nitrogens with one attached hydrogen (secondary N) is 3. The molecule has 0 radical (unpaired) electrons. The van der Waals surface area contributed by atoms with E-state index in [1.807, 2.05) is 44.0 Å². The Hall–Kier alpha value is -2.95. The number of rotatable bonds is 11. The first-order valence-electron chi connectivity index (χ1n) is 13.7. The van der Waals surface area contributed by atoms with Crippen LogP contribution in [0.1, 0.15) is 77.4 Å². The van der Waals surface area contributed by atoms with Gasteiger partial charge in [-0.05, 0) is 99.5 Å². The monoisotopic (exact) mass is 557 g/mol. The standard InChI is InChI=1S/C29H43N5O4S/c1-19(2)31-28(36)26-20(3)15-24(16-21(26)4)27(35)30-11-7-22(5)33-12-8-25(9-13-33)34(29(37)32-38-6)17-23-10-14-39-18-23/h10,14-16,18-19,22,25H,7-9,11-13,17H2,1-6H3,(H,30,35)(H,31,36)(H,32,37)/t22-/m1/s1. The number of hydrogen-bond acceptors (Lipinski definition) is 6. The lowest BCUT2D eigenvalue weighted by Crippen LogP contribution is -2.51. The van der Waals surface area contributed by atoms with Crippen molar-refractivity contribution in [3.63, 3.8) is 0 Å². The first kappa shape index (κ1) is 30.6. The molecular formula is C29H43N5O4S. The van der Waals surface area contributed by atoms with Crippen LogP contribution in [-0.4, -0.2) is 72.5 Å². The van der Waals surface area contributed by atoms with Gasteiger partial charge in [-0.15, -0.1) is 0 Å². The summed E-state index contributed by atoms with van der Waals surface area (Å²) in [6, 6.07) is 5.89. The second-order valence-corrected chi connectivity index (χ2v) is 11.4. The van der Waals surface area contributed by atoms with Crippen LogP contribution in [0.25, 0.3) is 0 Å². The quantitative estimate of drug-likeness (QED) is 0.359. The first-order chi connectivity index (χ1) is 18.6. The zero-order valence-corrected chi connectivity index (χ0v) is 24.8. The molecule has 3 rings (SSSR count). The van der Waals surface area contributed by atoms with Crippen LogP contribution in [0.5, 0.6) is 0 Å². The molecule has 39 heavy (non-hydrogen) atoms. The summed E-state index contributed by atoms with van der Waals surface area (Å²) in [4.78, 5) is 47.2. The van der Waals surface area contributed by atoms with Gasteiger partial charge in [0.15, 0.2) is 0 Å². The van der Waals surface area contributed by atoms with E-state index >= 15 is 0 Å². The second kappa shape index (κ2) is 14.4. The maximum atomic E-state index is 12.9. The molecule has 0 saturated carbocycles. The minimum Gasteiger partial charge on any atom is -0.352 e. The number of nitrogens with zero attached hydrogens (tertiary/aromatic N) is 2. The van der Waals surface area contributed by atoms with Crippen molar-refractivity contribution in [1.82, 2.24) is 25.9 Å². The Morgan fingerprint density at radius 3 is 2.33 bits per heavy atom. The van der Waals surface area contributed by atoms with Gasteiger partial charge >= 0.3 is 6.03 Å². The van der Waals surface area contributed by atoms with Gasteiger partial charge in [-0.3, -0.25) is 14.4 Å². The largest absolute Gasteiger partial charge is 0.352 e. The Kier molecular flexibility index (Phi) is 11.3. The van der Waals surface area contributed by atoms with Crippen molar-refractivity contribution in [3.8, 4) is 0 Å². The van der Waals surface area contributed by atoms with Gasteiger partial charge in [0.05, 0.1) is 7.11 Å². The van der Waals surface area contributed by atoms with Crippen LogP contribution in [0.2, 0.25) is 0 Å². The fourth-order valence-electron chi connectivity index (χ4n) is 5.20. The summed E-state index contributed by atoms with van der Waals surface area (Å²) in [5, 5.41) is 10.1. The summed E-state index contributed by atoms with van der Waals surface area (Å²) >= 11 is 1.63. The molecule has 1 saturated heterocycles. The molecule has 2 aromatic rings. The molecule has 10 heteroatoms. The lowest BCUT2D eigenvalue weighted by atomic mass is 9.98. The van der Waals surface area contributed by atoms with Crippen molar-refractivity contribution >= 4 is 29.2 Å². The van der Waals surface area contributed by atoms with Gasteiger partial charge in [0.25, 0.3) is 11.8 Å². The van der Waals surface area contributed by atoms with Crippen molar-refractivity contribution in [2.24, 2.45) is 0 Å². The molecule has 0 unspecified atom stereocenters. The van der Waals surface area contributed by atoms with Crippen LogP contribution < -0.4 is 16.1 Å². The number of thiophene rings is 1. The van der Waals surface area contributed by atoms with Crippen LogP contribution in [-0.2, 0) is 11.4 Å². The van der Waals surface area contributed by atoms with Crippen molar-refractivity contribution in [2.45, 2.75) is 78.6 Å². The Morgan fingerprint density at radius 2 is 1.77 bits per heavy atom. The highest BCUT2D eigenvalue weighted by molar-refractivity contribution is 7.07. The molecule has 1 aromatic carbocycles. The summed E-state index contributed by atoms with van der Waals surface area (Å²) in [5.74, 6) is -0.241. The predicted molar refractivity (Wildman–Crippen MR) is 155 cm³/mol. The summed E-state index contributed by atoms with van der Waals surface area (Å²) in [6.07, 6.45) is 2.59. The zero-order chi connectivity index (χ0) is 28.5. The number of piperidine rings is 1. The number of carbonyl (C=O) groups excluding carboxylic acids is 3. The van der Waals surface area contributed by atoms with E-state index in [4.69, 9.17) is 4.84 Å². The molecule has 4 amide bonds. The summed E-state index contributed by atoms with van der Waals surface area (Å²) in [5.41, 5.74) is 6.39.